The van der Waals surface area contributed by atoms with Crippen molar-refractivity contribution in [3.8, 4) is 6.07 Å². The van der Waals surface area contributed by atoms with Crippen LogP contribution in [0.1, 0.15) is 56.3 Å². The van der Waals surface area contributed by atoms with Crippen LogP contribution in [0.2, 0.25) is 0 Å². The van der Waals surface area contributed by atoms with Gasteiger partial charge in [-0.2, -0.15) is 5.26 Å². The zero-order valence-electron chi connectivity index (χ0n) is 9.69. The first-order valence-corrected chi connectivity index (χ1v) is 6.05. The number of rotatable bonds is 2. The van der Waals surface area contributed by atoms with Gasteiger partial charge in [0, 0.05) is 18.3 Å². The second-order valence-corrected chi connectivity index (χ2v) is 4.57. The van der Waals surface area contributed by atoms with E-state index in [0.717, 1.165) is 11.7 Å². The molecule has 84 valence electrons. The van der Waals surface area contributed by atoms with E-state index in [9.17, 15) is 0 Å². The van der Waals surface area contributed by atoms with Gasteiger partial charge in [0.1, 0.15) is 11.9 Å². The normalized spacial score (nSPS) is 25.0. The standard InChI is InChI=1S/C13H17N3/c1-2-10-3-5-12(6-4-10)13-15-8-11(7-14)9-16-13/h8-10,12H,2-6H2,1H3. The Kier molecular flexibility index (Phi) is 3.51. The first-order chi connectivity index (χ1) is 7.83. The highest BCUT2D eigenvalue weighted by Gasteiger charge is 2.22. The third-order valence-corrected chi connectivity index (χ3v) is 3.59. The molecular formula is C13H17N3. The highest BCUT2D eigenvalue weighted by molar-refractivity contribution is 5.22. The van der Waals surface area contributed by atoms with E-state index >= 15 is 0 Å². The van der Waals surface area contributed by atoms with Crippen LogP contribution < -0.4 is 0 Å². The van der Waals surface area contributed by atoms with Gasteiger partial charge in [-0.1, -0.05) is 13.3 Å². The van der Waals surface area contributed by atoms with E-state index < -0.39 is 0 Å². The molecule has 1 saturated carbocycles. The Balaban J connectivity index is 2.00. The lowest BCUT2D eigenvalue weighted by molar-refractivity contribution is 0.312. The molecule has 0 saturated heterocycles. The SMILES string of the molecule is CCC1CCC(c2ncc(C#N)cn2)CC1. The lowest BCUT2D eigenvalue weighted by Crippen LogP contribution is -2.14. The largest absolute Gasteiger partial charge is 0.240 e. The smallest absolute Gasteiger partial charge is 0.131 e. The van der Waals surface area contributed by atoms with Crippen molar-refractivity contribution in [1.82, 2.24) is 9.97 Å². The van der Waals surface area contributed by atoms with Gasteiger partial charge >= 0.3 is 0 Å². The lowest BCUT2D eigenvalue weighted by Gasteiger charge is -2.26. The third-order valence-electron chi connectivity index (χ3n) is 3.59. The molecule has 3 heteroatoms. The molecule has 0 amide bonds. The fraction of sp³-hybridized carbons (Fsp3) is 0.615. The zero-order valence-corrected chi connectivity index (χ0v) is 9.69. The highest BCUT2D eigenvalue weighted by Crippen LogP contribution is 2.35. The Hall–Kier alpha value is -1.43. The second kappa shape index (κ2) is 5.07. The van der Waals surface area contributed by atoms with E-state index in [0.29, 0.717) is 11.5 Å². The molecule has 3 nitrogen and oxygen atoms in total. The van der Waals surface area contributed by atoms with Crippen molar-refractivity contribution in [3.05, 3.63) is 23.8 Å². The van der Waals surface area contributed by atoms with Crippen LogP contribution in [0.15, 0.2) is 12.4 Å². The zero-order chi connectivity index (χ0) is 11.4. The Morgan fingerprint density at radius 2 is 1.88 bits per heavy atom. The molecule has 0 N–H and O–H groups in total. The Bertz CT molecular complexity index is 369. The summed E-state index contributed by atoms with van der Waals surface area (Å²) in [6, 6.07) is 2.05. The molecule has 1 aliphatic rings. The maximum atomic E-state index is 8.68. The average Bonchev–Trinajstić information content (AvgIpc) is 2.39. The molecular weight excluding hydrogens is 198 g/mol. The van der Waals surface area contributed by atoms with Crippen LogP contribution in [0.4, 0.5) is 0 Å². The molecule has 1 aliphatic carbocycles. The van der Waals surface area contributed by atoms with E-state index in [1.807, 2.05) is 6.07 Å². The van der Waals surface area contributed by atoms with Crippen molar-refractivity contribution in [1.29, 1.82) is 5.26 Å². The monoisotopic (exact) mass is 215 g/mol. The van der Waals surface area contributed by atoms with Gasteiger partial charge in [0.2, 0.25) is 0 Å². The summed E-state index contributed by atoms with van der Waals surface area (Å²) in [7, 11) is 0. The summed E-state index contributed by atoms with van der Waals surface area (Å²) < 4.78 is 0. The average molecular weight is 215 g/mol. The highest BCUT2D eigenvalue weighted by atomic mass is 14.9. The van der Waals surface area contributed by atoms with Crippen molar-refractivity contribution >= 4 is 0 Å². The van der Waals surface area contributed by atoms with Crippen molar-refractivity contribution in [3.63, 3.8) is 0 Å². The fourth-order valence-electron chi connectivity index (χ4n) is 2.44. The maximum absolute atomic E-state index is 8.68. The summed E-state index contributed by atoms with van der Waals surface area (Å²) in [5.74, 6) is 2.33. The van der Waals surface area contributed by atoms with E-state index in [-0.39, 0.29) is 0 Å². The summed E-state index contributed by atoms with van der Waals surface area (Å²) in [6.07, 6.45) is 9.55. The van der Waals surface area contributed by atoms with Crippen molar-refractivity contribution < 1.29 is 0 Å². The van der Waals surface area contributed by atoms with Gasteiger partial charge in [0.15, 0.2) is 0 Å². The van der Waals surface area contributed by atoms with E-state index in [1.165, 1.54) is 32.1 Å². The Labute approximate surface area is 96.5 Å². The van der Waals surface area contributed by atoms with Crippen molar-refractivity contribution in [2.75, 3.05) is 0 Å². The van der Waals surface area contributed by atoms with Crippen LogP contribution in [0.3, 0.4) is 0 Å². The van der Waals surface area contributed by atoms with Crippen LogP contribution in [0.5, 0.6) is 0 Å². The summed E-state index contributed by atoms with van der Waals surface area (Å²) in [6.45, 7) is 2.27. The molecule has 1 heterocycles. The number of nitrogens with zero attached hydrogens (tertiary/aromatic N) is 3. The van der Waals surface area contributed by atoms with Gasteiger partial charge < -0.3 is 0 Å². The van der Waals surface area contributed by atoms with Crippen LogP contribution in [-0.2, 0) is 0 Å². The van der Waals surface area contributed by atoms with Crippen molar-refractivity contribution in [2.24, 2.45) is 5.92 Å². The number of hydrogen-bond donors (Lipinski definition) is 0. The van der Waals surface area contributed by atoms with Crippen LogP contribution in [-0.4, -0.2) is 9.97 Å². The molecule has 1 fully saturated rings. The summed E-state index contributed by atoms with van der Waals surface area (Å²) in [5, 5.41) is 8.68. The summed E-state index contributed by atoms with van der Waals surface area (Å²) in [5.41, 5.74) is 0.547. The number of nitriles is 1. The molecule has 0 spiro atoms. The minimum absolute atomic E-state index is 0.510. The lowest BCUT2D eigenvalue weighted by atomic mass is 9.80. The van der Waals surface area contributed by atoms with Gasteiger partial charge in [-0.15, -0.1) is 0 Å². The Morgan fingerprint density at radius 3 is 2.38 bits per heavy atom. The van der Waals surface area contributed by atoms with Gasteiger partial charge in [0.05, 0.1) is 5.56 Å². The first kappa shape index (κ1) is 11.1. The molecule has 1 aromatic heterocycles. The predicted octanol–water partition coefficient (Wildman–Crippen LogP) is 3.03. The molecule has 0 aromatic carbocycles. The van der Waals surface area contributed by atoms with E-state index in [2.05, 4.69) is 16.9 Å². The van der Waals surface area contributed by atoms with Gasteiger partial charge in [-0.3, -0.25) is 0 Å². The van der Waals surface area contributed by atoms with Crippen LogP contribution >= 0.6 is 0 Å². The second-order valence-electron chi connectivity index (χ2n) is 4.57. The van der Waals surface area contributed by atoms with Gasteiger partial charge in [-0.05, 0) is 31.6 Å². The third kappa shape index (κ3) is 2.38. The molecule has 0 unspecified atom stereocenters. The molecule has 0 bridgehead atoms. The van der Waals surface area contributed by atoms with Gasteiger partial charge in [0.25, 0.3) is 0 Å². The van der Waals surface area contributed by atoms with Crippen LogP contribution in [0, 0.1) is 17.2 Å². The fourth-order valence-corrected chi connectivity index (χ4v) is 2.44. The topological polar surface area (TPSA) is 49.6 Å². The molecule has 1 aromatic rings. The maximum Gasteiger partial charge on any atom is 0.131 e. The Morgan fingerprint density at radius 1 is 1.25 bits per heavy atom. The van der Waals surface area contributed by atoms with Crippen LogP contribution in [0.25, 0.3) is 0 Å². The summed E-state index contributed by atoms with van der Waals surface area (Å²) in [4.78, 5) is 8.58. The quantitative estimate of drug-likeness (QED) is 0.761. The first-order valence-electron chi connectivity index (χ1n) is 6.05. The predicted molar refractivity (Wildman–Crippen MR) is 61.7 cm³/mol. The molecule has 2 rings (SSSR count). The van der Waals surface area contributed by atoms with E-state index in [1.54, 1.807) is 12.4 Å². The molecule has 0 aliphatic heterocycles. The molecule has 0 atom stereocenters. The molecule has 0 radical (unpaired) electrons. The minimum atomic E-state index is 0.510. The molecule has 16 heavy (non-hydrogen) atoms. The van der Waals surface area contributed by atoms with Crippen molar-refractivity contribution in [2.45, 2.75) is 44.9 Å². The van der Waals surface area contributed by atoms with E-state index in [4.69, 9.17) is 5.26 Å². The summed E-state index contributed by atoms with van der Waals surface area (Å²) >= 11 is 0. The van der Waals surface area contributed by atoms with Gasteiger partial charge in [-0.25, -0.2) is 9.97 Å². The number of hydrogen-bond acceptors (Lipinski definition) is 3. The minimum Gasteiger partial charge on any atom is -0.240 e. The number of aromatic nitrogens is 2.